The average Bonchev–Trinajstić information content (AvgIpc) is 1.61. The molecule has 0 radical (unpaired) electrons. The van der Waals surface area contributed by atoms with E-state index >= 15 is 0 Å². The Bertz CT molecular complexity index is 84.1. The zero-order chi connectivity index (χ0) is 6.57. The van der Waals surface area contributed by atoms with Crippen LogP contribution in [0.1, 0.15) is 13.3 Å². The molecule has 0 aromatic rings. The summed E-state index contributed by atoms with van der Waals surface area (Å²) in [5.41, 5.74) is 0. The summed E-state index contributed by atoms with van der Waals surface area (Å²) in [7, 11) is 0. The number of nitrogens with zero attached hydrogens (tertiary/aromatic N) is 1. The molecule has 0 spiro atoms. The predicted octanol–water partition coefficient (Wildman–Crippen LogP) is 1.04. The van der Waals surface area contributed by atoms with Gasteiger partial charge in [-0.3, -0.25) is 4.79 Å². The van der Waals surface area contributed by atoms with Gasteiger partial charge in [-0.15, -0.1) is 8.96 Å². The van der Waals surface area contributed by atoms with Crippen LogP contribution in [0, 0.1) is 0 Å². The van der Waals surface area contributed by atoms with Gasteiger partial charge in [-0.05, 0) is 6.92 Å². The first kappa shape index (κ1) is 7.49. The largest absolute Gasteiger partial charge is 0.300 e. The van der Waals surface area contributed by atoms with Gasteiger partial charge in [0.15, 0.2) is 0 Å². The minimum atomic E-state index is -0.999. The Morgan fingerprint density at radius 1 is 1.62 bits per heavy atom. The van der Waals surface area contributed by atoms with Crippen LogP contribution < -0.4 is 0 Å². The standard InChI is InChI=1S/C4H7F2NO/c1-4(8)2-3-7(5)6/h2-3H2,1H3. The van der Waals surface area contributed by atoms with Gasteiger partial charge in [0.25, 0.3) is 0 Å². The number of halogens is 2. The molecular formula is C4H7F2NO. The van der Waals surface area contributed by atoms with Crippen molar-refractivity contribution in [1.82, 2.24) is 5.34 Å². The topological polar surface area (TPSA) is 20.3 Å². The molecule has 0 rings (SSSR count). The van der Waals surface area contributed by atoms with Crippen molar-refractivity contribution in [3.8, 4) is 0 Å². The Hall–Kier alpha value is -0.510. The first-order valence-corrected chi connectivity index (χ1v) is 2.21. The van der Waals surface area contributed by atoms with E-state index in [1.54, 1.807) is 0 Å². The molecule has 4 heteroatoms. The fourth-order valence-electron chi connectivity index (χ4n) is 0.242. The highest BCUT2D eigenvalue weighted by molar-refractivity contribution is 5.75. The van der Waals surface area contributed by atoms with Crippen molar-refractivity contribution in [3.05, 3.63) is 0 Å². The van der Waals surface area contributed by atoms with Crippen molar-refractivity contribution in [1.29, 1.82) is 0 Å². The molecule has 0 bridgehead atoms. The van der Waals surface area contributed by atoms with Crippen molar-refractivity contribution in [2.24, 2.45) is 0 Å². The number of Topliss-reactive ketones (excluding diaryl/α,β-unsaturated/α-hetero) is 1. The van der Waals surface area contributed by atoms with E-state index in [1.807, 2.05) is 0 Å². The molecule has 0 aliphatic carbocycles. The molecule has 0 amide bonds. The normalized spacial score (nSPS) is 10.0. The third-order valence-corrected chi connectivity index (χ3v) is 0.633. The highest BCUT2D eigenvalue weighted by Crippen LogP contribution is 1.91. The lowest BCUT2D eigenvalue weighted by Gasteiger charge is -1.94. The van der Waals surface area contributed by atoms with Crippen LogP contribution in [0.3, 0.4) is 0 Å². The maximum Gasteiger partial charge on any atom is 0.131 e. The van der Waals surface area contributed by atoms with Crippen molar-refractivity contribution >= 4 is 5.78 Å². The van der Waals surface area contributed by atoms with Gasteiger partial charge in [0.05, 0.1) is 6.54 Å². The number of carbonyl (C=O) groups excluding carboxylic acids is 1. The maximum absolute atomic E-state index is 11.1. The molecule has 0 saturated heterocycles. The van der Waals surface area contributed by atoms with Crippen LogP contribution in [0.2, 0.25) is 0 Å². The quantitative estimate of drug-likeness (QED) is 0.522. The lowest BCUT2D eigenvalue weighted by atomic mass is 10.3. The van der Waals surface area contributed by atoms with Gasteiger partial charge in [0.2, 0.25) is 0 Å². The Labute approximate surface area is 46.0 Å². The summed E-state index contributed by atoms with van der Waals surface area (Å²) < 4.78 is 22.2. The third-order valence-electron chi connectivity index (χ3n) is 0.633. The summed E-state index contributed by atoms with van der Waals surface area (Å²) in [6.07, 6.45) is -0.0764. The second kappa shape index (κ2) is 3.49. The smallest absolute Gasteiger partial charge is 0.131 e. The van der Waals surface area contributed by atoms with Gasteiger partial charge >= 0.3 is 0 Å². The van der Waals surface area contributed by atoms with Crippen LogP contribution in [0.25, 0.3) is 0 Å². The summed E-state index contributed by atoms with van der Waals surface area (Å²) in [6.45, 7) is 0.818. The lowest BCUT2D eigenvalue weighted by Crippen LogP contribution is -2.06. The number of rotatable bonds is 3. The van der Waals surface area contributed by atoms with Crippen LogP contribution >= 0.6 is 0 Å². The molecule has 2 nitrogen and oxygen atoms in total. The molecule has 0 aliphatic heterocycles. The molecule has 0 aromatic heterocycles. The zero-order valence-corrected chi connectivity index (χ0v) is 4.53. The molecular weight excluding hydrogens is 116 g/mol. The van der Waals surface area contributed by atoms with Crippen LogP contribution in [0.5, 0.6) is 0 Å². The van der Waals surface area contributed by atoms with Crippen molar-refractivity contribution in [2.75, 3.05) is 6.54 Å². The first-order valence-electron chi connectivity index (χ1n) is 2.21. The molecule has 8 heavy (non-hydrogen) atoms. The predicted molar refractivity (Wildman–Crippen MR) is 24.2 cm³/mol. The molecule has 0 N–H and O–H groups in total. The Kier molecular flexibility index (Phi) is 3.26. The maximum atomic E-state index is 11.1. The minimum Gasteiger partial charge on any atom is -0.300 e. The summed E-state index contributed by atoms with van der Waals surface area (Å²) in [5, 5.41) is -0.999. The number of hydrogen-bond acceptors (Lipinski definition) is 2. The molecule has 0 atom stereocenters. The Morgan fingerprint density at radius 3 is 2.25 bits per heavy atom. The molecule has 0 unspecified atom stereocenters. The van der Waals surface area contributed by atoms with Gasteiger partial charge in [0, 0.05) is 11.8 Å². The fraction of sp³-hybridized carbons (Fsp3) is 0.750. The summed E-state index contributed by atoms with van der Waals surface area (Å²) >= 11 is 0. The zero-order valence-electron chi connectivity index (χ0n) is 4.53. The summed E-state index contributed by atoms with van der Waals surface area (Å²) in [5.74, 6) is -0.217. The third kappa shape index (κ3) is 5.49. The van der Waals surface area contributed by atoms with Crippen molar-refractivity contribution < 1.29 is 13.8 Å². The van der Waals surface area contributed by atoms with E-state index in [4.69, 9.17) is 0 Å². The van der Waals surface area contributed by atoms with E-state index in [1.165, 1.54) is 6.92 Å². The van der Waals surface area contributed by atoms with E-state index in [2.05, 4.69) is 0 Å². The lowest BCUT2D eigenvalue weighted by molar-refractivity contribution is -0.156. The number of ketones is 1. The van der Waals surface area contributed by atoms with Crippen LogP contribution in [0.15, 0.2) is 0 Å². The van der Waals surface area contributed by atoms with Crippen LogP contribution in [-0.2, 0) is 4.79 Å². The van der Waals surface area contributed by atoms with Gasteiger partial charge < -0.3 is 0 Å². The van der Waals surface area contributed by atoms with Crippen LogP contribution in [0.4, 0.5) is 8.96 Å². The minimum absolute atomic E-state index is 0.0764. The van der Waals surface area contributed by atoms with E-state index in [9.17, 15) is 13.8 Å². The highest BCUT2D eigenvalue weighted by atomic mass is 19.4. The average molecular weight is 123 g/mol. The summed E-state index contributed by atoms with van der Waals surface area (Å²) in [6, 6.07) is 0. The number of hydrogen-bond donors (Lipinski definition) is 0. The van der Waals surface area contributed by atoms with Gasteiger partial charge in [-0.2, -0.15) is 0 Å². The molecule has 0 fully saturated rings. The highest BCUT2D eigenvalue weighted by Gasteiger charge is 1.99. The second-order valence-electron chi connectivity index (χ2n) is 1.48. The molecule has 0 aliphatic rings. The van der Waals surface area contributed by atoms with Gasteiger partial charge in [-0.1, -0.05) is 0 Å². The van der Waals surface area contributed by atoms with E-state index in [-0.39, 0.29) is 12.2 Å². The summed E-state index contributed by atoms with van der Waals surface area (Å²) in [4.78, 5) is 9.99. The van der Waals surface area contributed by atoms with Crippen molar-refractivity contribution in [3.63, 3.8) is 0 Å². The Balaban J connectivity index is 3.05. The molecule has 0 saturated carbocycles. The van der Waals surface area contributed by atoms with E-state index in [0.29, 0.717) is 0 Å². The van der Waals surface area contributed by atoms with E-state index in [0.717, 1.165) is 0 Å². The van der Waals surface area contributed by atoms with E-state index < -0.39 is 11.9 Å². The van der Waals surface area contributed by atoms with Crippen molar-refractivity contribution in [2.45, 2.75) is 13.3 Å². The monoisotopic (exact) mass is 123 g/mol. The Morgan fingerprint density at radius 2 is 2.12 bits per heavy atom. The first-order chi connectivity index (χ1) is 3.63. The van der Waals surface area contributed by atoms with Gasteiger partial charge in [-0.25, -0.2) is 0 Å². The number of carbonyl (C=O) groups is 1. The molecule has 0 aromatic carbocycles. The molecule has 0 heterocycles. The van der Waals surface area contributed by atoms with Gasteiger partial charge in [0.1, 0.15) is 5.78 Å². The fourth-order valence-corrected chi connectivity index (χ4v) is 0.242. The van der Waals surface area contributed by atoms with Crippen LogP contribution in [-0.4, -0.2) is 17.7 Å². The SMILES string of the molecule is CC(=O)CCN(F)F. The molecule has 48 valence electrons. The second-order valence-corrected chi connectivity index (χ2v) is 1.48.